The normalized spacial score (nSPS) is 10.6. The van der Waals surface area contributed by atoms with Gasteiger partial charge in [0.15, 0.2) is 0 Å². The molecule has 2 aromatic carbocycles. The Morgan fingerprint density at radius 3 is 2.55 bits per heavy atom. The number of non-ortho nitro benzene ring substituents is 1. The fourth-order valence-electron chi connectivity index (χ4n) is 1.92. The third-order valence-electron chi connectivity index (χ3n) is 2.96. The van der Waals surface area contributed by atoms with Crippen molar-refractivity contribution in [1.82, 2.24) is 0 Å². The Balaban J connectivity index is 1.81. The van der Waals surface area contributed by atoms with Crippen LogP contribution in [-0.4, -0.2) is 4.92 Å². The fraction of sp³-hybridized carbons (Fsp3) is 0. The number of rotatable bonds is 4. The molecule has 3 nitrogen and oxygen atoms in total. The van der Waals surface area contributed by atoms with E-state index < -0.39 is 0 Å². The van der Waals surface area contributed by atoms with E-state index in [2.05, 4.69) is 34.1 Å². The van der Waals surface area contributed by atoms with Crippen LogP contribution in [0.15, 0.2) is 74.2 Å². The van der Waals surface area contributed by atoms with Gasteiger partial charge in [-0.25, -0.2) is 0 Å². The first kappa shape index (κ1) is 15.3. The number of nitro benzene ring substituents is 1. The number of nitrogens with zero attached hydrogens (tertiary/aromatic N) is 1. The van der Waals surface area contributed by atoms with Crippen LogP contribution in [0, 0.1) is 10.1 Å². The molecule has 0 bridgehead atoms. The summed E-state index contributed by atoms with van der Waals surface area (Å²) in [5.41, 5.74) is 1.29. The molecule has 110 valence electrons. The summed E-state index contributed by atoms with van der Waals surface area (Å²) in [5.74, 6) is 0. The summed E-state index contributed by atoms with van der Waals surface area (Å²) in [6.07, 6.45) is 0. The van der Waals surface area contributed by atoms with Crippen LogP contribution < -0.4 is 0 Å². The molecule has 0 saturated heterocycles. The Morgan fingerprint density at radius 2 is 1.82 bits per heavy atom. The first-order valence-electron chi connectivity index (χ1n) is 6.40. The zero-order valence-electron chi connectivity index (χ0n) is 11.2. The highest BCUT2D eigenvalue weighted by Crippen LogP contribution is 2.38. The summed E-state index contributed by atoms with van der Waals surface area (Å²) >= 11 is 6.65. The summed E-state index contributed by atoms with van der Waals surface area (Å²) in [6, 6.07) is 19.0. The standard InChI is InChI=1S/C16H10BrNO2S2/c17-12-6-4-11(5-7-12)15-8-9-16(22-15)21-14-3-1-2-13(10-14)18(19)20/h1-10H. The fourth-order valence-corrected chi connectivity index (χ4v) is 4.35. The van der Waals surface area contributed by atoms with E-state index in [1.165, 1.54) is 16.5 Å². The van der Waals surface area contributed by atoms with E-state index in [9.17, 15) is 10.1 Å². The Morgan fingerprint density at radius 1 is 1.05 bits per heavy atom. The lowest BCUT2D eigenvalue weighted by Gasteiger charge is -1.99. The highest BCUT2D eigenvalue weighted by atomic mass is 79.9. The van der Waals surface area contributed by atoms with Crippen molar-refractivity contribution in [2.75, 3.05) is 0 Å². The van der Waals surface area contributed by atoms with Crippen molar-refractivity contribution in [2.24, 2.45) is 0 Å². The minimum absolute atomic E-state index is 0.120. The van der Waals surface area contributed by atoms with Crippen LogP contribution in [0.1, 0.15) is 0 Å². The van der Waals surface area contributed by atoms with Crippen LogP contribution in [0.25, 0.3) is 10.4 Å². The molecule has 0 unspecified atom stereocenters. The zero-order valence-corrected chi connectivity index (χ0v) is 14.5. The van der Waals surface area contributed by atoms with E-state index in [0.29, 0.717) is 0 Å². The van der Waals surface area contributed by atoms with Gasteiger partial charge in [-0.3, -0.25) is 10.1 Å². The SMILES string of the molecule is O=[N+]([O-])c1cccc(Sc2ccc(-c3ccc(Br)cc3)s2)c1. The molecule has 3 rings (SSSR count). The van der Waals surface area contributed by atoms with Gasteiger partial charge in [0.2, 0.25) is 0 Å². The molecule has 0 aliphatic heterocycles. The molecule has 0 amide bonds. The lowest BCUT2D eigenvalue weighted by Crippen LogP contribution is -1.86. The zero-order chi connectivity index (χ0) is 15.5. The van der Waals surface area contributed by atoms with Crippen molar-refractivity contribution in [3.05, 3.63) is 75.3 Å². The second kappa shape index (κ2) is 6.64. The molecule has 6 heteroatoms. The highest BCUT2D eigenvalue weighted by Gasteiger charge is 2.08. The lowest BCUT2D eigenvalue weighted by atomic mass is 10.2. The van der Waals surface area contributed by atoms with Crippen molar-refractivity contribution in [1.29, 1.82) is 0 Å². The van der Waals surface area contributed by atoms with E-state index >= 15 is 0 Å². The smallest absolute Gasteiger partial charge is 0.258 e. The predicted octanol–water partition coefficient (Wildman–Crippen LogP) is 6.24. The monoisotopic (exact) mass is 391 g/mol. The molecule has 1 aromatic heterocycles. The molecule has 0 saturated carbocycles. The largest absolute Gasteiger partial charge is 0.270 e. The van der Waals surface area contributed by atoms with Crippen molar-refractivity contribution in [3.63, 3.8) is 0 Å². The molecule has 0 N–H and O–H groups in total. The summed E-state index contributed by atoms with van der Waals surface area (Å²) in [5, 5.41) is 10.8. The molecule has 0 aliphatic carbocycles. The predicted molar refractivity (Wildman–Crippen MR) is 94.7 cm³/mol. The number of hydrogen-bond donors (Lipinski definition) is 0. The molecule has 0 atom stereocenters. The van der Waals surface area contributed by atoms with Gasteiger partial charge in [-0.2, -0.15) is 0 Å². The first-order chi connectivity index (χ1) is 10.6. The quantitative estimate of drug-likeness (QED) is 0.390. The number of halogens is 1. The average Bonchev–Trinajstić information content (AvgIpc) is 2.96. The van der Waals surface area contributed by atoms with Crippen LogP contribution in [-0.2, 0) is 0 Å². The van der Waals surface area contributed by atoms with Gasteiger partial charge in [-0.15, -0.1) is 11.3 Å². The van der Waals surface area contributed by atoms with Gasteiger partial charge in [0.25, 0.3) is 5.69 Å². The van der Waals surface area contributed by atoms with E-state index in [1.807, 2.05) is 24.3 Å². The van der Waals surface area contributed by atoms with Gasteiger partial charge in [-0.1, -0.05) is 45.9 Å². The van der Waals surface area contributed by atoms with E-state index in [4.69, 9.17) is 0 Å². The van der Waals surface area contributed by atoms with Crippen molar-refractivity contribution in [2.45, 2.75) is 9.10 Å². The average molecular weight is 392 g/mol. The van der Waals surface area contributed by atoms with Crippen molar-refractivity contribution in [3.8, 4) is 10.4 Å². The molecule has 22 heavy (non-hydrogen) atoms. The minimum Gasteiger partial charge on any atom is -0.258 e. The van der Waals surface area contributed by atoms with Gasteiger partial charge in [0, 0.05) is 26.4 Å². The molecular weight excluding hydrogens is 382 g/mol. The van der Waals surface area contributed by atoms with Crippen LogP contribution in [0.2, 0.25) is 0 Å². The van der Waals surface area contributed by atoms with Crippen LogP contribution in [0.4, 0.5) is 5.69 Å². The van der Waals surface area contributed by atoms with Crippen LogP contribution in [0.3, 0.4) is 0 Å². The minimum atomic E-state index is -0.369. The van der Waals surface area contributed by atoms with Gasteiger partial charge in [0.05, 0.1) is 9.13 Å². The topological polar surface area (TPSA) is 43.1 Å². The number of benzene rings is 2. The number of nitro groups is 1. The molecule has 3 aromatic rings. The Hall–Kier alpha value is -1.63. The third kappa shape index (κ3) is 3.58. The van der Waals surface area contributed by atoms with Crippen LogP contribution in [0.5, 0.6) is 0 Å². The number of hydrogen-bond acceptors (Lipinski definition) is 4. The summed E-state index contributed by atoms with van der Waals surface area (Å²) in [4.78, 5) is 12.5. The molecule has 0 aliphatic rings. The van der Waals surface area contributed by atoms with Crippen molar-refractivity contribution < 1.29 is 4.92 Å². The van der Waals surface area contributed by atoms with Crippen LogP contribution >= 0.6 is 39.0 Å². The Bertz CT molecular complexity index is 815. The maximum Gasteiger partial charge on any atom is 0.270 e. The molecular formula is C16H10BrNO2S2. The Kier molecular flexibility index (Phi) is 4.61. The molecule has 0 radical (unpaired) electrons. The maximum absolute atomic E-state index is 10.8. The Labute approximate surface area is 144 Å². The van der Waals surface area contributed by atoms with Gasteiger partial charge in [0.1, 0.15) is 0 Å². The second-order valence-electron chi connectivity index (χ2n) is 4.48. The molecule has 0 spiro atoms. The van der Waals surface area contributed by atoms with Gasteiger partial charge >= 0.3 is 0 Å². The van der Waals surface area contributed by atoms with E-state index in [0.717, 1.165) is 13.6 Å². The summed E-state index contributed by atoms with van der Waals surface area (Å²) in [7, 11) is 0. The second-order valence-corrected chi connectivity index (χ2v) is 7.86. The van der Waals surface area contributed by atoms with Gasteiger partial charge in [-0.05, 0) is 35.9 Å². The molecule has 0 fully saturated rings. The first-order valence-corrected chi connectivity index (χ1v) is 8.82. The highest BCUT2D eigenvalue weighted by molar-refractivity contribution is 9.10. The van der Waals surface area contributed by atoms with Gasteiger partial charge < -0.3 is 0 Å². The third-order valence-corrected chi connectivity index (χ3v) is 5.74. The molecule has 1 heterocycles. The summed E-state index contributed by atoms with van der Waals surface area (Å²) in [6.45, 7) is 0. The van der Waals surface area contributed by atoms with E-state index in [-0.39, 0.29) is 10.6 Å². The maximum atomic E-state index is 10.8. The van der Waals surface area contributed by atoms with Crippen molar-refractivity contribution >= 4 is 44.7 Å². The van der Waals surface area contributed by atoms with E-state index in [1.54, 1.807) is 35.2 Å². The number of thiophene rings is 1. The summed E-state index contributed by atoms with van der Waals surface area (Å²) < 4.78 is 2.16. The lowest BCUT2D eigenvalue weighted by molar-refractivity contribution is -0.385.